The topological polar surface area (TPSA) is 93.1 Å². The van der Waals surface area contributed by atoms with Crippen molar-refractivity contribution in [1.82, 2.24) is 19.6 Å². The number of nitrogens with one attached hydrogen (secondary N) is 2. The Kier molecular flexibility index (Phi) is 5.81. The van der Waals surface area contributed by atoms with Crippen molar-refractivity contribution in [1.29, 1.82) is 0 Å². The number of hydrogen-bond acceptors (Lipinski definition) is 4. The van der Waals surface area contributed by atoms with Crippen LogP contribution in [0.15, 0.2) is 53.4 Å². The van der Waals surface area contributed by atoms with E-state index in [1.54, 1.807) is 26.0 Å². The number of hydrogen-bond donors (Lipinski definition) is 2. The molecule has 8 heteroatoms. The minimum absolute atomic E-state index is 0.0744. The van der Waals surface area contributed by atoms with Gasteiger partial charge in [-0.25, -0.2) is 18.1 Å². The predicted octanol–water partition coefficient (Wildman–Crippen LogP) is 2.46. The lowest BCUT2D eigenvalue weighted by molar-refractivity contribution is 0.0952. The molecule has 3 rings (SSSR count). The van der Waals surface area contributed by atoms with Gasteiger partial charge in [0.1, 0.15) is 5.82 Å². The molecule has 1 aromatic heterocycles. The third-order valence-electron chi connectivity index (χ3n) is 4.26. The molecule has 0 saturated carbocycles. The quantitative estimate of drug-likeness (QED) is 0.637. The monoisotopic (exact) mass is 400 g/mol. The van der Waals surface area contributed by atoms with Crippen molar-refractivity contribution in [3.63, 3.8) is 0 Å². The summed E-state index contributed by atoms with van der Waals surface area (Å²) in [5.41, 5.74) is 2.24. The minimum Gasteiger partial charge on any atom is -0.350 e. The molecule has 2 aromatic carbocycles. The number of fused-ring (bicyclic) bond motifs is 1. The third-order valence-corrected chi connectivity index (χ3v) is 5.92. The number of rotatable bonds is 7. The minimum atomic E-state index is -3.64. The van der Waals surface area contributed by atoms with Crippen LogP contribution in [0.1, 0.15) is 30.0 Å². The van der Waals surface area contributed by atoms with E-state index in [-0.39, 0.29) is 16.8 Å². The molecule has 0 atom stereocenters. The highest BCUT2D eigenvalue weighted by Gasteiger charge is 2.17. The van der Waals surface area contributed by atoms with Gasteiger partial charge in [0.25, 0.3) is 5.91 Å². The largest absolute Gasteiger partial charge is 0.350 e. The zero-order chi connectivity index (χ0) is 20.3. The fourth-order valence-electron chi connectivity index (χ4n) is 3.04. The van der Waals surface area contributed by atoms with E-state index in [1.165, 1.54) is 12.1 Å². The summed E-state index contributed by atoms with van der Waals surface area (Å²) in [5, 5.41) is 2.85. The van der Waals surface area contributed by atoms with Crippen LogP contribution >= 0.6 is 0 Å². The first-order chi connectivity index (χ1) is 13.3. The summed E-state index contributed by atoms with van der Waals surface area (Å²) in [6.07, 6.45) is 0. The van der Waals surface area contributed by atoms with Crippen LogP contribution < -0.4 is 10.0 Å². The van der Waals surface area contributed by atoms with Crippen LogP contribution in [-0.2, 0) is 16.6 Å². The number of carbonyl (C=O) groups is 1. The van der Waals surface area contributed by atoms with Crippen molar-refractivity contribution < 1.29 is 13.2 Å². The van der Waals surface area contributed by atoms with E-state index in [1.807, 2.05) is 35.8 Å². The Morgan fingerprint density at radius 1 is 1.14 bits per heavy atom. The molecular formula is C20H24N4O3S. The molecule has 0 spiro atoms. The molecule has 148 valence electrons. The number of imidazole rings is 1. The number of benzene rings is 2. The number of aromatic nitrogens is 2. The van der Waals surface area contributed by atoms with Crippen LogP contribution in [0.2, 0.25) is 0 Å². The van der Waals surface area contributed by atoms with Crippen LogP contribution in [0.5, 0.6) is 0 Å². The summed E-state index contributed by atoms with van der Waals surface area (Å²) in [6.45, 7) is 6.40. The lowest BCUT2D eigenvalue weighted by atomic mass is 10.2. The van der Waals surface area contributed by atoms with Crippen molar-refractivity contribution in [2.45, 2.75) is 38.3 Å². The second-order valence-corrected chi connectivity index (χ2v) is 8.57. The molecule has 0 aliphatic carbocycles. The van der Waals surface area contributed by atoms with Gasteiger partial charge >= 0.3 is 0 Å². The predicted molar refractivity (Wildman–Crippen MR) is 109 cm³/mol. The SMILES string of the molecule is Cc1nc2ccccc2n1CCNC(=O)c1cccc(S(=O)(=O)NC(C)C)c1. The number of sulfonamides is 1. The van der Waals surface area contributed by atoms with Gasteiger partial charge in [-0.1, -0.05) is 18.2 Å². The maximum atomic E-state index is 12.5. The number of amides is 1. The summed E-state index contributed by atoms with van der Waals surface area (Å²) < 4.78 is 29.2. The number of para-hydroxylation sites is 2. The van der Waals surface area contributed by atoms with Crippen molar-refractivity contribution in [2.24, 2.45) is 0 Å². The lowest BCUT2D eigenvalue weighted by Gasteiger charge is -2.11. The van der Waals surface area contributed by atoms with E-state index >= 15 is 0 Å². The summed E-state index contributed by atoms with van der Waals surface area (Å²) in [5.74, 6) is 0.562. The molecule has 0 fully saturated rings. The van der Waals surface area contributed by atoms with E-state index in [0.717, 1.165) is 16.9 Å². The highest BCUT2D eigenvalue weighted by molar-refractivity contribution is 7.89. The van der Waals surface area contributed by atoms with Crippen molar-refractivity contribution >= 4 is 27.0 Å². The Morgan fingerprint density at radius 2 is 1.89 bits per heavy atom. The summed E-state index contributed by atoms with van der Waals surface area (Å²) in [6, 6.07) is 13.6. The molecule has 0 unspecified atom stereocenters. The second kappa shape index (κ2) is 8.12. The molecule has 7 nitrogen and oxygen atoms in total. The second-order valence-electron chi connectivity index (χ2n) is 6.86. The van der Waals surface area contributed by atoms with E-state index in [0.29, 0.717) is 18.7 Å². The Labute approximate surface area is 164 Å². The highest BCUT2D eigenvalue weighted by atomic mass is 32.2. The fourth-order valence-corrected chi connectivity index (χ4v) is 4.34. The van der Waals surface area contributed by atoms with E-state index in [4.69, 9.17) is 0 Å². The molecule has 2 N–H and O–H groups in total. The van der Waals surface area contributed by atoms with E-state index < -0.39 is 10.0 Å². The first kappa shape index (κ1) is 20.0. The highest BCUT2D eigenvalue weighted by Crippen LogP contribution is 2.15. The molecule has 3 aromatic rings. The lowest BCUT2D eigenvalue weighted by Crippen LogP contribution is -2.31. The van der Waals surface area contributed by atoms with Gasteiger partial charge in [-0.3, -0.25) is 4.79 Å². The van der Waals surface area contributed by atoms with Gasteiger partial charge < -0.3 is 9.88 Å². The normalized spacial score (nSPS) is 11.9. The first-order valence-electron chi connectivity index (χ1n) is 9.10. The Balaban J connectivity index is 1.68. The number of aryl methyl sites for hydroxylation is 1. The van der Waals surface area contributed by atoms with Gasteiger partial charge in [-0.2, -0.15) is 0 Å². The molecular weight excluding hydrogens is 376 g/mol. The maximum Gasteiger partial charge on any atom is 0.251 e. The van der Waals surface area contributed by atoms with E-state index in [9.17, 15) is 13.2 Å². The maximum absolute atomic E-state index is 12.5. The smallest absolute Gasteiger partial charge is 0.251 e. The van der Waals surface area contributed by atoms with Crippen molar-refractivity contribution in [3.8, 4) is 0 Å². The molecule has 0 bridgehead atoms. The van der Waals surface area contributed by atoms with Crippen LogP contribution in [0.3, 0.4) is 0 Å². The third kappa shape index (κ3) is 4.40. The average molecular weight is 401 g/mol. The molecule has 0 aliphatic heterocycles. The Hall–Kier alpha value is -2.71. The van der Waals surface area contributed by atoms with Crippen molar-refractivity contribution in [2.75, 3.05) is 6.54 Å². The van der Waals surface area contributed by atoms with E-state index in [2.05, 4.69) is 15.0 Å². The average Bonchev–Trinajstić information content (AvgIpc) is 2.96. The molecule has 1 amide bonds. The van der Waals surface area contributed by atoms with Gasteiger partial charge in [-0.05, 0) is 51.1 Å². The van der Waals surface area contributed by atoms with Gasteiger partial charge in [-0.15, -0.1) is 0 Å². The summed E-state index contributed by atoms with van der Waals surface area (Å²) >= 11 is 0. The van der Waals surface area contributed by atoms with Gasteiger partial charge in [0.2, 0.25) is 10.0 Å². The molecule has 0 saturated heterocycles. The van der Waals surface area contributed by atoms with Crippen LogP contribution in [-0.4, -0.2) is 36.5 Å². The van der Waals surface area contributed by atoms with Gasteiger partial charge in [0, 0.05) is 24.7 Å². The zero-order valence-corrected chi connectivity index (χ0v) is 17.0. The first-order valence-corrected chi connectivity index (χ1v) is 10.6. The summed E-state index contributed by atoms with van der Waals surface area (Å²) in [7, 11) is -3.64. The molecule has 28 heavy (non-hydrogen) atoms. The Morgan fingerprint density at radius 3 is 2.64 bits per heavy atom. The number of carbonyl (C=O) groups excluding carboxylic acids is 1. The number of nitrogens with zero attached hydrogens (tertiary/aromatic N) is 2. The standard InChI is InChI=1S/C20H24N4O3S/c1-14(2)23-28(26,27)17-8-6-7-16(13-17)20(25)21-11-12-24-15(3)22-18-9-4-5-10-19(18)24/h4-10,13-14,23H,11-12H2,1-3H3,(H,21,25). The van der Waals surface area contributed by atoms with Crippen LogP contribution in [0, 0.1) is 6.92 Å². The van der Waals surface area contributed by atoms with Gasteiger partial charge in [0.15, 0.2) is 0 Å². The van der Waals surface area contributed by atoms with Crippen molar-refractivity contribution in [3.05, 3.63) is 59.9 Å². The molecule has 0 radical (unpaired) electrons. The fraction of sp³-hybridized carbons (Fsp3) is 0.300. The Bertz CT molecular complexity index is 1100. The molecule has 0 aliphatic rings. The van der Waals surface area contributed by atoms with Gasteiger partial charge in [0.05, 0.1) is 15.9 Å². The zero-order valence-electron chi connectivity index (χ0n) is 16.1. The van der Waals surface area contributed by atoms with Crippen LogP contribution in [0.25, 0.3) is 11.0 Å². The molecule has 1 heterocycles. The van der Waals surface area contributed by atoms with Crippen LogP contribution in [0.4, 0.5) is 0 Å². The summed E-state index contributed by atoms with van der Waals surface area (Å²) in [4.78, 5) is 17.1.